The zero-order chi connectivity index (χ0) is 25.9. The molecule has 188 valence electrons. The number of rotatable bonds is 6. The van der Waals surface area contributed by atoms with Crippen LogP contribution >= 0.6 is 0 Å². The topological polar surface area (TPSA) is 133 Å². The molecule has 0 atom stereocenters. The molecule has 1 aliphatic heterocycles. The molecule has 0 radical (unpaired) electrons. The van der Waals surface area contributed by atoms with Crippen molar-refractivity contribution in [2.75, 3.05) is 36.9 Å². The highest BCUT2D eigenvalue weighted by Gasteiger charge is 2.20. The number of morpholine rings is 1. The third-order valence-corrected chi connectivity index (χ3v) is 6.41. The Morgan fingerprint density at radius 2 is 1.58 bits per heavy atom. The average molecular weight is 505 g/mol. The van der Waals surface area contributed by atoms with Crippen LogP contribution in [0.3, 0.4) is 0 Å². The Morgan fingerprint density at radius 1 is 0.868 bits per heavy atom. The molecule has 38 heavy (non-hydrogen) atoms. The Balaban J connectivity index is 1.35. The highest BCUT2D eigenvalue weighted by Crippen LogP contribution is 2.30. The van der Waals surface area contributed by atoms with Crippen LogP contribution in [0.15, 0.2) is 73.4 Å². The van der Waals surface area contributed by atoms with Gasteiger partial charge in [-0.3, -0.25) is 14.8 Å². The van der Waals surface area contributed by atoms with Gasteiger partial charge >= 0.3 is 0 Å². The molecule has 0 saturated carbocycles. The fourth-order valence-electron chi connectivity index (χ4n) is 4.38. The molecule has 4 aromatic heterocycles. The van der Waals surface area contributed by atoms with Crippen molar-refractivity contribution in [2.45, 2.75) is 6.42 Å². The molecule has 6 rings (SSSR count). The van der Waals surface area contributed by atoms with E-state index in [0.29, 0.717) is 60.7 Å². The summed E-state index contributed by atoms with van der Waals surface area (Å²) >= 11 is 0. The van der Waals surface area contributed by atoms with Crippen molar-refractivity contribution < 1.29 is 9.53 Å². The maximum atomic E-state index is 12.7. The molecule has 5 heterocycles. The second-order valence-corrected chi connectivity index (χ2v) is 8.92. The van der Waals surface area contributed by atoms with Gasteiger partial charge in [0.1, 0.15) is 5.52 Å². The van der Waals surface area contributed by atoms with E-state index < -0.39 is 0 Å². The van der Waals surface area contributed by atoms with Crippen molar-refractivity contribution in [3.63, 3.8) is 0 Å². The van der Waals surface area contributed by atoms with E-state index in [0.717, 1.165) is 22.5 Å². The Kier molecular flexibility index (Phi) is 6.37. The molecule has 5 aromatic rings. The number of hydrogen-bond donors (Lipinski definition) is 1. The standard InChI is InChI=1S/C28H24N8O2/c29-28-32-16-22(17-33-28)26-34-23-14-21(15-31-25(23)27(35-26)36-9-11-38-12-10-36)19-1-3-20(4-2-19)24(37)13-18-5-7-30-8-6-18/h1-8,14-17H,9-13H2,(H2,29,32,33). The van der Waals surface area contributed by atoms with Crippen LogP contribution in [0.1, 0.15) is 15.9 Å². The number of pyridine rings is 2. The summed E-state index contributed by atoms with van der Waals surface area (Å²) in [5, 5.41) is 0. The van der Waals surface area contributed by atoms with Gasteiger partial charge in [-0.15, -0.1) is 0 Å². The van der Waals surface area contributed by atoms with Gasteiger partial charge in [-0.1, -0.05) is 24.3 Å². The molecular weight excluding hydrogens is 480 g/mol. The van der Waals surface area contributed by atoms with Gasteiger partial charge in [0.25, 0.3) is 0 Å². The number of ether oxygens (including phenoxy) is 1. The van der Waals surface area contributed by atoms with E-state index in [-0.39, 0.29) is 11.7 Å². The van der Waals surface area contributed by atoms with Crippen LogP contribution in [0, 0.1) is 0 Å². The molecule has 10 nitrogen and oxygen atoms in total. The zero-order valence-corrected chi connectivity index (χ0v) is 20.5. The number of ketones is 1. The van der Waals surface area contributed by atoms with Crippen LogP contribution in [-0.4, -0.2) is 62.0 Å². The number of anilines is 2. The number of benzene rings is 1. The van der Waals surface area contributed by atoms with Crippen molar-refractivity contribution in [3.05, 3.63) is 84.6 Å². The van der Waals surface area contributed by atoms with E-state index in [1.807, 2.05) is 48.7 Å². The first-order chi connectivity index (χ1) is 18.6. The molecule has 0 unspecified atom stereocenters. The molecule has 2 N–H and O–H groups in total. The number of carbonyl (C=O) groups is 1. The first-order valence-corrected chi connectivity index (χ1v) is 12.2. The lowest BCUT2D eigenvalue weighted by atomic mass is 10.0. The van der Waals surface area contributed by atoms with Crippen LogP contribution in [0.5, 0.6) is 0 Å². The quantitative estimate of drug-likeness (QED) is 0.343. The van der Waals surface area contributed by atoms with Crippen LogP contribution in [0.2, 0.25) is 0 Å². The lowest BCUT2D eigenvalue weighted by Crippen LogP contribution is -2.37. The van der Waals surface area contributed by atoms with Crippen molar-refractivity contribution >= 4 is 28.6 Å². The van der Waals surface area contributed by atoms with E-state index >= 15 is 0 Å². The maximum Gasteiger partial charge on any atom is 0.219 e. The normalized spacial score (nSPS) is 13.5. The number of nitrogen functional groups attached to an aromatic ring is 1. The predicted octanol–water partition coefficient (Wildman–Crippen LogP) is 3.39. The molecule has 1 saturated heterocycles. The molecule has 0 spiro atoms. The first-order valence-electron chi connectivity index (χ1n) is 12.2. The fourth-order valence-corrected chi connectivity index (χ4v) is 4.38. The molecule has 0 amide bonds. The summed E-state index contributed by atoms with van der Waals surface area (Å²) in [5.74, 6) is 1.48. The third-order valence-electron chi connectivity index (χ3n) is 6.41. The Labute approximate surface area is 218 Å². The van der Waals surface area contributed by atoms with Gasteiger partial charge < -0.3 is 15.4 Å². The largest absolute Gasteiger partial charge is 0.378 e. The molecule has 1 fully saturated rings. The molecule has 1 aromatic carbocycles. The Morgan fingerprint density at radius 3 is 2.32 bits per heavy atom. The summed E-state index contributed by atoms with van der Waals surface area (Å²) < 4.78 is 5.53. The third kappa shape index (κ3) is 4.89. The molecule has 0 aliphatic carbocycles. The first kappa shape index (κ1) is 23.6. The lowest BCUT2D eigenvalue weighted by molar-refractivity contribution is 0.0993. The van der Waals surface area contributed by atoms with E-state index in [1.165, 1.54) is 0 Å². The minimum Gasteiger partial charge on any atom is -0.378 e. The summed E-state index contributed by atoms with van der Waals surface area (Å²) in [7, 11) is 0. The van der Waals surface area contributed by atoms with Crippen molar-refractivity contribution in [3.8, 4) is 22.5 Å². The van der Waals surface area contributed by atoms with E-state index in [2.05, 4.69) is 19.9 Å². The summed E-state index contributed by atoms with van der Waals surface area (Å²) in [5.41, 5.74) is 11.2. The molecule has 1 aliphatic rings. The van der Waals surface area contributed by atoms with E-state index in [1.54, 1.807) is 24.8 Å². The van der Waals surface area contributed by atoms with Gasteiger partial charge in [-0.2, -0.15) is 0 Å². The second kappa shape index (κ2) is 10.3. The van der Waals surface area contributed by atoms with Crippen LogP contribution in [-0.2, 0) is 11.2 Å². The maximum absolute atomic E-state index is 12.7. The summed E-state index contributed by atoms with van der Waals surface area (Å²) in [6.45, 7) is 2.66. The summed E-state index contributed by atoms with van der Waals surface area (Å²) in [4.78, 5) is 41.5. The number of fused-ring (bicyclic) bond motifs is 1. The van der Waals surface area contributed by atoms with Gasteiger partial charge in [0.15, 0.2) is 17.4 Å². The molecule has 10 heteroatoms. The minimum absolute atomic E-state index is 0.0534. The van der Waals surface area contributed by atoms with Crippen LogP contribution < -0.4 is 10.6 Å². The Hall–Kier alpha value is -4.83. The number of aromatic nitrogens is 6. The number of nitrogens with zero attached hydrogens (tertiary/aromatic N) is 7. The Bertz CT molecular complexity index is 1590. The minimum atomic E-state index is 0.0534. The summed E-state index contributed by atoms with van der Waals surface area (Å²) in [6, 6.07) is 13.3. The molecular formula is C28H24N8O2. The van der Waals surface area contributed by atoms with E-state index in [4.69, 9.17) is 25.4 Å². The average Bonchev–Trinajstić information content (AvgIpc) is 2.98. The summed E-state index contributed by atoms with van der Waals surface area (Å²) in [6.07, 6.45) is 8.77. The van der Waals surface area contributed by atoms with Crippen LogP contribution in [0.4, 0.5) is 11.8 Å². The monoisotopic (exact) mass is 504 g/mol. The highest BCUT2D eigenvalue weighted by atomic mass is 16.5. The lowest BCUT2D eigenvalue weighted by Gasteiger charge is -2.28. The number of carbonyl (C=O) groups excluding carboxylic acids is 1. The van der Waals surface area contributed by atoms with Gasteiger partial charge in [-0.25, -0.2) is 19.9 Å². The number of Topliss-reactive ketones (excluding diaryl/α,β-unsaturated/α-hetero) is 1. The zero-order valence-electron chi connectivity index (χ0n) is 20.5. The number of hydrogen-bond acceptors (Lipinski definition) is 10. The predicted molar refractivity (Wildman–Crippen MR) is 144 cm³/mol. The van der Waals surface area contributed by atoms with Crippen molar-refractivity contribution in [1.82, 2.24) is 29.9 Å². The molecule has 0 bridgehead atoms. The van der Waals surface area contributed by atoms with Gasteiger partial charge in [-0.05, 0) is 29.3 Å². The number of nitrogens with two attached hydrogens (primary N) is 1. The van der Waals surface area contributed by atoms with Gasteiger partial charge in [0, 0.05) is 61.6 Å². The SMILES string of the molecule is Nc1ncc(-c2nc(N3CCOCC3)c3ncc(-c4ccc(C(=O)Cc5ccncc5)cc4)cc3n2)cn1. The van der Waals surface area contributed by atoms with Gasteiger partial charge in [0.05, 0.1) is 24.3 Å². The fraction of sp³-hybridized carbons (Fsp3) is 0.179. The highest BCUT2D eigenvalue weighted by molar-refractivity contribution is 5.98. The van der Waals surface area contributed by atoms with Crippen LogP contribution in [0.25, 0.3) is 33.5 Å². The second-order valence-electron chi connectivity index (χ2n) is 8.92. The van der Waals surface area contributed by atoms with E-state index in [9.17, 15) is 4.79 Å². The van der Waals surface area contributed by atoms with Crippen molar-refractivity contribution in [2.24, 2.45) is 0 Å². The van der Waals surface area contributed by atoms with Crippen molar-refractivity contribution in [1.29, 1.82) is 0 Å². The van der Waals surface area contributed by atoms with Gasteiger partial charge in [0.2, 0.25) is 5.95 Å². The smallest absolute Gasteiger partial charge is 0.219 e.